The molecule has 2 N–H and O–H groups in total. The fourth-order valence-electron chi connectivity index (χ4n) is 2.03. The van der Waals surface area contributed by atoms with Gasteiger partial charge in [0.2, 0.25) is 0 Å². The Kier molecular flexibility index (Phi) is 5.11. The molecule has 0 aliphatic rings. The number of hydrogen-bond donors (Lipinski definition) is 2. The number of H-pyrrole nitrogens is 1. The van der Waals surface area contributed by atoms with E-state index in [4.69, 9.17) is 0 Å². The number of thioether (sulfide) groups is 1. The molecule has 0 fully saturated rings. The fourth-order valence-corrected chi connectivity index (χ4v) is 2.91. The molecule has 3 nitrogen and oxygen atoms in total. The molecule has 1 aromatic heterocycles. The molecule has 0 atom stereocenters. The molecule has 0 aliphatic carbocycles. The Labute approximate surface area is 125 Å². The van der Waals surface area contributed by atoms with Crippen molar-refractivity contribution in [3.05, 3.63) is 23.8 Å². The Morgan fingerprint density at radius 3 is 2.80 bits per heavy atom. The van der Waals surface area contributed by atoms with Crippen molar-refractivity contribution < 1.29 is 0 Å². The molecule has 0 saturated heterocycles. The molecule has 1 aromatic carbocycles. The maximum absolute atomic E-state index is 4.60. The van der Waals surface area contributed by atoms with Gasteiger partial charge in [-0.3, -0.25) is 0 Å². The lowest BCUT2D eigenvalue weighted by Gasteiger charge is -2.20. The molecule has 0 unspecified atom stereocenters. The molecule has 2 aromatic rings. The molecular formula is C16H25N3S. The van der Waals surface area contributed by atoms with Gasteiger partial charge in [-0.15, -0.1) is 0 Å². The molecule has 0 saturated carbocycles. The molecule has 1 heterocycles. The number of aromatic amines is 1. The van der Waals surface area contributed by atoms with Gasteiger partial charge in [0.25, 0.3) is 0 Å². The average molecular weight is 291 g/mol. The second-order valence-electron chi connectivity index (χ2n) is 6.29. The Morgan fingerprint density at radius 1 is 1.25 bits per heavy atom. The van der Waals surface area contributed by atoms with E-state index in [9.17, 15) is 0 Å². The standard InChI is InChI=1S/C16H25N3S/c1-12-7-8-13-14(11-12)19-15(18-13)20-10-6-5-9-17-16(2,3)4/h7-8,11,17H,5-6,9-10H2,1-4H3,(H,18,19). The normalized spacial score (nSPS) is 12.2. The summed E-state index contributed by atoms with van der Waals surface area (Å²) in [5.41, 5.74) is 3.70. The number of nitrogens with zero attached hydrogens (tertiary/aromatic N) is 1. The Bertz CT molecular complexity index is 554. The number of rotatable bonds is 6. The number of benzene rings is 1. The minimum absolute atomic E-state index is 0.226. The topological polar surface area (TPSA) is 40.7 Å². The van der Waals surface area contributed by atoms with E-state index < -0.39 is 0 Å². The summed E-state index contributed by atoms with van der Waals surface area (Å²) in [5.74, 6) is 1.12. The molecule has 0 aliphatic heterocycles. The maximum Gasteiger partial charge on any atom is 0.166 e. The summed E-state index contributed by atoms with van der Waals surface area (Å²) in [5, 5.41) is 4.55. The molecule has 0 radical (unpaired) electrons. The summed E-state index contributed by atoms with van der Waals surface area (Å²) < 4.78 is 0. The zero-order valence-corrected chi connectivity index (χ0v) is 13.7. The van der Waals surface area contributed by atoms with Crippen molar-refractivity contribution >= 4 is 22.8 Å². The summed E-state index contributed by atoms with van der Waals surface area (Å²) in [6.45, 7) is 9.81. The third-order valence-electron chi connectivity index (χ3n) is 3.08. The van der Waals surface area contributed by atoms with E-state index in [0.717, 1.165) is 28.5 Å². The number of aromatic nitrogens is 2. The highest BCUT2D eigenvalue weighted by atomic mass is 32.2. The number of aryl methyl sites for hydroxylation is 1. The van der Waals surface area contributed by atoms with Gasteiger partial charge in [-0.2, -0.15) is 0 Å². The first-order valence-electron chi connectivity index (χ1n) is 7.28. The van der Waals surface area contributed by atoms with Crippen LogP contribution in [0.4, 0.5) is 0 Å². The third kappa shape index (κ3) is 4.84. The van der Waals surface area contributed by atoms with E-state index >= 15 is 0 Å². The van der Waals surface area contributed by atoms with Crippen LogP contribution in [-0.2, 0) is 0 Å². The van der Waals surface area contributed by atoms with Crippen molar-refractivity contribution in [1.29, 1.82) is 0 Å². The summed E-state index contributed by atoms with van der Waals surface area (Å²) in [4.78, 5) is 7.99. The highest BCUT2D eigenvalue weighted by molar-refractivity contribution is 7.99. The predicted octanol–water partition coefficient (Wildman–Crippen LogP) is 4.13. The van der Waals surface area contributed by atoms with Crippen LogP contribution in [0.2, 0.25) is 0 Å². The monoisotopic (exact) mass is 291 g/mol. The van der Waals surface area contributed by atoms with E-state index in [-0.39, 0.29) is 5.54 Å². The summed E-state index contributed by atoms with van der Waals surface area (Å²) in [7, 11) is 0. The largest absolute Gasteiger partial charge is 0.333 e. The molecule has 0 spiro atoms. The van der Waals surface area contributed by atoms with Gasteiger partial charge < -0.3 is 10.3 Å². The van der Waals surface area contributed by atoms with Crippen LogP contribution < -0.4 is 5.32 Å². The Hall–Kier alpha value is -1.00. The first-order chi connectivity index (χ1) is 9.44. The zero-order chi connectivity index (χ0) is 14.6. The van der Waals surface area contributed by atoms with E-state index in [2.05, 4.69) is 61.2 Å². The molecule has 0 amide bonds. The highest BCUT2D eigenvalue weighted by Crippen LogP contribution is 2.21. The molecular weight excluding hydrogens is 266 g/mol. The van der Waals surface area contributed by atoms with Gasteiger partial charge in [0.1, 0.15) is 0 Å². The van der Waals surface area contributed by atoms with Gasteiger partial charge in [0, 0.05) is 11.3 Å². The quantitative estimate of drug-likeness (QED) is 0.621. The second-order valence-corrected chi connectivity index (χ2v) is 7.38. The number of hydrogen-bond acceptors (Lipinski definition) is 3. The van der Waals surface area contributed by atoms with Gasteiger partial charge >= 0.3 is 0 Å². The van der Waals surface area contributed by atoms with Crippen molar-refractivity contribution in [2.45, 2.75) is 51.2 Å². The van der Waals surface area contributed by atoms with Crippen LogP contribution in [0.15, 0.2) is 23.4 Å². The van der Waals surface area contributed by atoms with Crippen LogP contribution in [0.1, 0.15) is 39.2 Å². The van der Waals surface area contributed by atoms with Gasteiger partial charge in [0.05, 0.1) is 11.0 Å². The lowest BCUT2D eigenvalue weighted by molar-refractivity contribution is 0.421. The van der Waals surface area contributed by atoms with E-state index in [1.165, 1.54) is 18.4 Å². The van der Waals surface area contributed by atoms with Crippen molar-refractivity contribution in [1.82, 2.24) is 15.3 Å². The van der Waals surface area contributed by atoms with Gasteiger partial charge in [-0.05, 0) is 64.8 Å². The van der Waals surface area contributed by atoms with Crippen molar-refractivity contribution in [2.24, 2.45) is 0 Å². The highest BCUT2D eigenvalue weighted by Gasteiger charge is 2.07. The van der Waals surface area contributed by atoms with Crippen molar-refractivity contribution in [3.63, 3.8) is 0 Å². The summed E-state index contributed by atoms with van der Waals surface area (Å²) in [6, 6.07) is 6.34. The predicted molar refractivity (Wildman–Crippen MR) is 88.5 cm³/mol. The van der Waals surface area contributed by atoms with Crippen molar-refractivity contribution in [3.8, 4) is 0 Å². The van der Waals surface area contributed by atoms with Crippen LogP contribution in [0.3, 0.4) is 0 Å². The number of imidazole rings is 1. The Morgan fingerprint density at radius 2 is 2.05 bits per heavy atom. The zero-order valence-electron chi connectivity index (χ0n) is 12.9. The molecule has 4 heteroatoms. The SMILES string of the molecule is Cc1ccc2nc(SCCCCNC(C)(C)C)[nH]c2c1. The van der Waals surface area contributed by atoms with Gasteiger partial charge in [-0.25, -0.2) is 4.98 Å². The van der Waals surface area contributed by atoms with E-state index in [1.807, 2.05) is 11.8 Å². The minimum atomic E-state index is 0.226. The first kappa shape index (κ1) is 15.4. The van der Waals surface area contributed by atoms with Crippen LogP contribution in [0, 0.1) is 6.92 Å². The lowest BCUT2D eigenvalue weighted by Crippen LogP contribution is -2.36. The minimum Gasteiger partial charge on any atom is -0.333 e. The molecule has 2 rings (SSSR count). The molecule has 110 valence electrons. The van der Waals surface area contributed by atoms with E-state index in [0.29, 0.717) is 0 Å². The van der Waals surface area contributed by atoms with E-state index in [1.54, 1.807) is 0 Å². The van der Waals surface area contributed by atoms with Crippen LogP contribution >= 0.6 is 11.8 Å². The van der Waals surface area contributed by atoms with Crippen LogP contribution in [0.5, 0.6) is 0 Å². The smallest absolute Gasteiger partial charge is 0.166 e. The summed E-state index contributed by atoms with van der Waals surface area (Å²) in [6.07, 6.45) is 2.42. The summed E-state index contributed by atoms with van der Waals surface area (Å²) >= 11 is 1.82. The molecule has 20 heavy (non-hydrogen) atoms. The Balaban J connectivity index is 1.73. The number of nitrogens with one attached hydrogen (secondary N) is 2. The van der Waals surface area contributed by atoms with Crippen LogP contribution in [-0.4, -0.2) is 27.8 Å². The van der Waals surface area contributed by atoms with Crippen molar-refractivity contribution in [2.75, 3.05) is 12.3 Å². The number of unbranched alkanes of at least 4 members (excludes halogenated alkanes) is 1. The second kappa shape index (κ2) is 6.64. The van der Waals surface area contributed by atoms with Gasteiger partial charge in [-0.1, -0.05) is 17.8 Å². The van der Waals surface area contributed by atoms with Gasteiger partial charge in [0.15, 0.2) is 5.16 Å². The maximum atomic E-state index is 4.60. The lowest BCUT2D eigenvalue weighted by atomic mass is 10.1. The first-order valence-corrected chi connectivity index (χ1v) is 8.27. The number of fused-ring (bicyclic) bond motifs is 1. The average Bonchev–Trinajstić information content (AvgIpc) is 2.74. The van der Waals surface area contributed by atoms with Crippen LogP contribution in [0.25, 0.3) is 11.0 Å². The molecule has 0 bridgehead atoms. The fraction of sp³-hybridized carbons (Fsp3) is 0.562. The third-order valence-corrected chi connectivity index (χ3v) is 4.04.